The lowest BCUT2D eigenvalue weighted by Gasteiger charge is -2.33. The van der Waals surface area contributed by atoms with Gasteiger partial charge in [-0.2, -0.15) is 0 Å². The van der Waals surface area contributed by atoms with Crippen molar-refractivity contribution in [1.82, 2.24) is 4.90 Å². The van der Waals surface area contributed by atoms with Gasteiger partial charge in [0, 0.05) is 13.1 Å². The first kappa shape index (κ1) is 15.3. The molecule has 0 spiro atoms. The van der Waals surface area contributed by atoms with Crippen LogP contribution in [0.2, 0.25) is 5.02 Å². The fourth-order valence-electron chi connectivity index (χ4n) is 2.44. The van der Waals surface area contributed by atoms with Gasteiger partial charge < -0.3 is 9.64 Å². The number of hydrogen-bond donors (Lipinski definition) is 0. The Balaban J connectivity index is 2.02. The topological polar surface area (TPSA) is 29.5 Å². The number of ether oxygens (including phenoxy) is 1. The smallest absolute Gasteiger partial charge is 0.258 e. The van der Waals surface area contributed by atoms with Crippen molar-refractivity contribution in [2.45, 2.75) is 38.9 Å². The molecule has 0 bridgehead atoms. The van der Waals surface area contributed by atoms with Crippen LogP contribution >= 0.6 is 11.6 Å². The van der Waals surface area contributed by atoms with Crippen LogP contribution in [-0.2, 0) is 4.74 Å². The number of carbonyl (C=O) groups excluding carboxylic acids is 1. The monoisotopic (exact) mass is 299 g/mol. The van der Waals surface area contributed by atoms with Crippen molar-refractivity contribution in [3.05, 3.63) is 34.6 Å². The standard InChI is InChI=1S/C15H19ClFNO2/c1-10(2)20-11-6-8-18(9-7-11)15(19)14-12(16)4-3-5-13(14)17/h3-5,10-11H,6-9H2,1-2H3. The van der Waals surface area contributed by atoms with Gasteiger partial charge in [-0.25, -0.2) is 4.39 Å². The van der Waals surface area contributed by atoms with Gasteiger partial charge >= 0.3 is 0 Å². The lowest BCUT2D eigenvalue weighted by molar-refractivity contribution is -0.0236. The fourth-order valence-corrected chi connectivity index (χ4v) is 2.68. The molecule has 0 radical (unpaired) electrons. The van der Waals surface area contributed by atoms with Crippen molar-refractivity contribution >= 4 is 17.5 Å². The number of halogens is 2. The largest absolute Gasteiger partial charge is 0.375 e. The molecule has 1 aromatic rings. The highest BCUT2D eigenvalue weighted by Gasteiger charge is 2.27. The van der Waals surface area contributed by atoms with E-state index in [0.717, 1.165) is 12.8 Å². The third kappa shape index (κ3) is 3.49. The molecule has 20 heavy (non-hydrogen) atoms. The van der Waals surface area contributed by atoms with E-state index < -0.39 is 5.82 Å². The van der Waals surface area contributed by atoms with Crippen LogP contribution in [0.4, 0.5) is 4.39 Å². The van der Waals surface area contributed by atoms with Gasteiger partial charge in [0.15, 0.2) is 0 Å². The molecule has 1 saturated heterocycles. The molecule has 0 saturated carbocycles. The lowest BCUT2D eigenvalue weighted by atomic mass is 10.1. The van der Waals surface area contributed by atoms with Crippen molar-refractivity contribution in [2.75, 3.05) is 13.1 Å². The van der Waals surface area contributed by atoms with Crippen LogP contribution in [0.5, 0.6) is 0 Å². The van der Waals surface area contributed by atoms with Gasteiger partial charge in [0.05, 0.1) is 22.8 Å². The molecular weight excluding hydrogens is 281 g/mol. The van der Waals surface area contributed by atoms with E-state index in [2.05, 4.69) is 0 Å². The Bertz CT molecular complexity index is 465. The Morgan fingerprint density at radius 1 is 1.40 bits per heavy atom. The molecule has 1 aliphatic rings. The summed E-state index contributed by atoms with van der Waals surface area (Å²) in [5.74, 6) is -0.904. The minimum atomic E-state index is -0.567. The molecule has 1 aromatic carbocycles. The molecule has 5 heteroatoms. The zero-order valence-electron chi connectivity index (χ0n) is 11.7. The Morgan fingerprint density at radius 2 is 2.05 bits per heavy atom. The Kier molecular flexibility index (Phi) is 5.00. The third-order valence-electron chi connectivity index (χ3n) is 3.37. The van der Waals surface area contributed by atoms with Crippen molar-refractivity contribution in [3.8, 4) is 0 Å². The van der Waals surface area contributed by atoms with Gasteiger partial charge in [-0.3, -0.25) is 4.79 Å². The molecule has 1 fully saturated rings. The predicted octanol–water partition coefficient (Wildman–Crippen LogP) is 3.51. The van der Waals surface area contributed by atoms with E-state index in [1.807, 2.05) is 13.8 Å². The number of hydrogen-bond acceptors (Lipinski definition) is 2. The molecular formula is C15H19ClFNO2. The number of benzene rings is 1. The van der Waals surface area contributed by atoms with Crippen LogP contribution < -0.4 is 0 Å². The molecule has 0 aromatic heterocycles. The Labute approximate surface area is 123 Å². The molecule has 0 atom stereocenters. The maximum absolute atomic E-state index is 13.7. The fraction of sp³-hybridized carbons (Fsp3) is 0.533. The second-order valence-corrected chi connectivity index (χ2v) is 5.68. The molecule has 3 nitrogen and oxygen atoms in total. The lowest BCUT2D eigenvalue weighted by Crippen LogP contribution is -2.41. The van der Waals surface area contributed by atoms with Crippen LogP contribution in [0.25, 0.3) is 0 Å². The third-order valence-corrected chi connectivity index (χ3v) is 3.69. The average Bonchev–Trinajstić information content (AvgIpc) is 2.38. The summed E-state index contributed by atoms with van der Waals surface area (Å²) >= 11 is 5.93. The number of carbonyl (C=O) groups is 1. The van der Waals surface area contributed by atoms with Crippen LogP contribution in [0.3, 0.4) is 0 Å². The summed E-state index contributed by atoms with van der Waals surface area (Å²) in [5, 5.41) is 0.163. The van der Waals surface area contributed by atoms with Crippen molar-refractivity contribution in [2.24, 2.45) is 0 Å². The normalized spacial score (nSPS) is 16.8. The van der Waals surface area contributed by atoms with Gasteiger partial charge in [-0.15, -0.1) is 0 Å². The van der Waals surface area contributed by atoms with E-state index in [9.17, 15) is 9.18 Å². The summed E-state index contributed by atoms with van der Waals surface area (Å²) in [6.07, 6.45) is 1.91. The van der Waals surface area contributed by atoms with E-state index in [0.29, 0.717) is 13.1 Å². The van der Waals surface area contributed by atoms with E-state index >= 15 is 0 Å². The quantitative estimate of drug-likeness (QED) is 0.855. The SMILES string of the molecule is CC(C)OC1CCN(C(=O)c2c(F)cccc2Cl)CC1. The summed E-state index contributed by atoms with van der Waals surface area (Å²) in [4.78, 5) is 14.0. The summed E-state index contributed by atoms with van der Waals surface area (Å²) in [6, 6.07) is 4.29. The van der Waals surface area contributed by atoms with Gasteiger partial charge in [0.2, 0.25) is 0 Å². The first-order chi connectivity index (χ1) is 9.49. The summed E-state index contributed by atoms with van der Waals surface area (Å²) in [7, 11) is 0. The van der Waals surface area contributed by atoms with Crippen molar-refractivity contribution in [3.63, 3.8) is 0 Å². The minimum absolute atomic E-state index is 0.0302. The van der Waals surface area contributed by atoms with Crippen LogP contribution in [-0.4, -0.2) is 36.1 Å². The average molecular weight is 300 g/mol. The maximum atomic E-state index is 13.7. The van der Waals surface area contributed by atoms with Crippen LogP contribution in [0, 0.1) is 5.82 Å². The van der Waals surface area contributed by atoms with E-state index in [4.69, 9.17) is 16.3 Å². The Morgan fingerprint density at radius 3 is 2.60 bits per heavy atom. The molecule has 1 amide bonds. The van der Waals surface area contributed by atoms with E-state index in [-0.39, 0.29) is 28.7 Å². The highest BCUT2D eigenvalue weighted by atomic mass is 35.5. The van der Waals surface area contributed by atoms with Crippen molar-refractivity contribution in [1.29, 1.82) is 0 Å². The zero-order valence-corrected chi connectivity index (χ0v) is 12.5. The number of amides is 1. The van der Waals surface area contributed by atoms with Gasteiger partial charge in [-0.05, 0) is 38.8 Å². The van der Waals surface area contributed by atoms with E-state index in [1.165, 1.54) is 18.2 Å². The molecule has 1 aliphatic heterocycles. The number of nitrogens with zero attached hydrogens (tertiary/aromatic N) is 1. The number of piperidine rings is 1. The summed E-state index contributed by atoms with van der Waals surface area (Å²) in [6.45, 7) is 5.13. The van der Waals surface area contributed by atoms with Gasteiger partial charge in [-0.1, -0.05) is 17.7 Å². The maximum Gasteiger partial charge on any atom is 0.258 e. The second-order valence-electron chi connectivity index (χ2n) is 5.27. The summed E-state index contributed by atoms with van der Waals surface area (Å²) in [5.41, 5.74) is -0.0302. The molecule has 0 aliphatic carbocycles. The number of likely N-dealkylation sites (tertiary alicyclic amines) is 1. The van der Waals surface area contributed by atoms with Gasteiger partial charge in [0.1, 0.15) is 5.82 Å². The number of rotatable bonds is 3. The molecule has 0 N–H and O–H groups in total. The van der Waals surface area contributed by atoms with Gasteiger partial charge in [0.25, 0.3) is 5.91 Å². The second kappa shape index (κ2) is 6.55. The highest BCUT2D eigenvalue weighted by molar-refractivity contribution is 6.33. The van der Waals surface area contributed by atoms with Crippen LogP contribution in [0.15, 0.2) is 18.2 Å². The minimum Gasteiger partial charge on any atom is -0.375 e. The van der Waals surface area contributed by atoms with E-state index in [1.54, 1.807) is 4.90 Å². The Hall–Kier alpha value is -1.13. The zero-order chi connectivity index (χ0) is 14.7. The first-order valence-corrected chi connectivity index (χ1v) is 7.25. The molecule has 2 rings (SSSR count). The van der Waals surface area contributed by atoms with Crippen molar-refractivity contribution < 1.29 is 13.9 Å². The van der Waals surface area contributed by atoms with Crippen LogP contribution in [0.1, 0.15) is 37.0 Å². The molecule has 1 heterocycles. The predicted molar refractivity (Wildman–Crippen MR) is 76.6 cm³/mol. The highest BCUT2D eigenvalue weighted by Crippen LogP contribution is 2.23. The summed E-state index contributed by atoms with van der Waals surface area (Å²) < 4.78 is 19.5. The molecule has 110 valence electrons. The molecule has 0 unspecified atom stereocenters. The first-order valence-electron chi connectivity index (χ1n) is 6.87.